The van der Waals surface area contributed by atoms with E-state index in [1.807, 2.05) is 18.2 Å². The van der Waals surface area contributed by atoms with Crippen LogP contribution in [-0.4, -0.2) is 72.9 Å². The van der Waals surface area contributed by atoms with Crippen molar-refractivity contribution in [2.24, 2.45) is 0 Å². The van der Waals surface area contributed by atoms with Crippen molar-refractivity contribution in [3.63, 3.8) is 0 Å². The van der Waals surface area contributed by atoms with Crippen LogP contribution < -0.4 is 19.9 Å². The number of nitrogens with zero attached hydrogens (tertiary/aromatic N) is 3. The summed E-state index contributed by atoms with van der Waals surface area (Å²) in [7, 11) is 0. The number of carbonyl (C=O) groups is 2. The number of nitrogens with one attached hydrogen (secondary N) is 1. The molecule has 0 radical (unpaired) electrons. The summed E-state index contributed by atoms with van der Waals surface area (Å²) in [6.45, 7) is 6.15. The van der Waals surface area contributed by atoms with E-state index in [1.165, 1.54) is 6.92 Å². The van der Waals surface area contributed by atoms with Gasteiger partial charge in [0.25, 0.3) is 0 Å². The van der Waals surface area contributed by atoms with Crippen LogP contribution in [0.4, 0.5) is 16.2 Å². The fraction of sp³-hybridized carbons (Fsp3) is 0.556. The molecule has 8 nitrogen and oxygen atoms in total. The van der Waals surface area contributed by atoms with Gasteiger partial charge in [0.2, 0.25) is 5.91 Å². The summed E-state index contributed by atoms with van der Waals surface area (Å²) in [6.07, 6.45) is -0.793. The highest BCUT2D eigenvalue weighted by Gasteiger charge is 2.46. The quantitative estimate of drug-likeness (QED) is 0.395. The molecule has 1 aromatic carbocycles. The number of hydrogen-bond donors (Lipinski definition) is 1. The highest BCUT2D eigenvalue weighted by Crippen LogP contribution is 2.40. The molecule has 4 rings (SSSR count). The third-order valence-electron chi connectivity index (χ3n) is 5.28. The van der Waals surface area contributed by atoms with E-state index in [0.717, 1.165) is 42.1 Å². The van der Waals surface area contributed by atoms with Crippen LogP contribution in [0.15, 0.2) is 18.2 Å². The lowest BCUT2D eigenvalue weighted by Gasteiger charge is -2.36. The van der Waals surface area contributed by atoms with Crippen LogP contribution in [0.3, 0.4) is 0 Å². The largest absolute Gasteiger partial charge is 0.489 e. The first-order chi connectivity index (χ1) is 13.1. The summed E-state index contributed by atoms with van der Waals surface area (Å²) in [5, 5.41) is 2.72. The van der Waals surface area contributed by atoms with Crippen LogP contribution in [0, 0.1) is 0 Å². The molecule has 1 N–H and O–H groups in total. The van der Waals surface area contributed by atoms with Gasteiger partial charge < -0.3 is 19.7 Å². The van der Waals surface area contributed by atoms with Gasteiger partial charge >= 0.3 is 6.09 Å². The van der Waals surface area contributed by atoms with Gasteiger partial charge in [-0.1, -0.05) is 22.6 Å². The molecule has 2 amide bonds. The second-order valence-corrected chi connectivity index (χ2v) is 7.67. The molecule has 27 heavy (non-hydrogen) atoms. The van der Waals surface area contributed by atoms with Crippen LogP contribution in [0.1, 0.15) is 6.92 Å². The average molecular weight is 486 g/mol. The minimum absolute atomic E-state index is 0.145. The molecule has 3 aliphatic rings. The van der Waals surface area contributed by atoms with Gasteiger partial charge in [-0.15, -0.1) is 0 Å². The topological polar surface area (TPSA) is 74.4 Å². The van der Waals surface area contributed by atoms with E-state index in [0.29, 0.717) is 18.9 Å². The number of rotatable bonds is 4. The predicted molar refractivity (Wildman–Crippen MR) is 110 cm³/mol. The molecule has 0 spiro atoms. The van der Waals surface area contributed by atoms with E-state index in [-0.39, 0.29) is 18.0 Å². The number of ether oxygens (including phenoxy) is 2. The first-order valence-corrected chi connectivity index (χ1v) is 10.6. The van der Waals surface area contributed by atoms with E-state index in [2.05, 4.69) is 37.7 Å². The number of piperazine rings is 1. The summed E-state index contributed by atoms with van der Waals surface area (Å²) >= 11 is 2.40. The van der Waals surface area contributed by atoms with Gasteiger partial charge in [-0.2, -0.15) is 0 Å². The lowest BCUT2D eigenvalue weighted by Crippen LogP contribution is -2.48. The summed E-state index contributed by atoms with van der Waals surface area (Å²) in [6, 6.07) is 5.76. The maximum absolute atomic E-state index is 12.4. The molecule has 2 fully saturated rings. The molecule has 0 aromatic heterocycles. The van der Waals surface area contributed by atoms with Gasteiger partial charge in [0.1, 0.15) is 24.5 Å². The fourth-order valence-electron chi connectivity index (χ4n) is 3.76. The highest BCUT2D eigenvalue weighted by molar-refractivity contribution is 14.1. The number of hydrogen-bond acceptors (Lipinski definition) is 6. The van der Waals surface area contributed by atoms with Crippen molar-refractivity contribution in [2.75, 3.05) is 53.7 Å². The smallest absolute Gasteiger partial charge is 0.415 e. The van der Waals surface area contributed by atoms with E-state index in [4.69, 9.17) is 9.47 Å². The molecule has 3 heterocycles. The molecule has 0 bridgehead atoms. The van der Waals surface area contributed by atoms with Crippen LogP contribution in [0.2, 0.25) is 0 Å². The van der Waals surface area contributed by atoms with Crippen molar-refractivity contribution in [3.8, 4) is 5.75 Å². The average Bonchev–Trinajstić information content (AvgIpc) is 3.02. The Morgan fingerprint density at radius 3 is 2.78 bits per heavy atom. The zero-order chi connectivity index (χ0) is 19.0. The van der Waals surface area contributed by atoms with E-state index < -0.39 is 6.10 Å². The van der Waals surface area contributed by atoms with Crippen LogP contribution in [0.25, 0.3) is 0 Å². The molecule has 146 valence electrons. The number of benzene rings is 1. The Morgan fingerprint density at radius 1 is 1.30 bits per heavy atom. The molecule has 3 aliphatic heterocycles. The number of halogens is 1. The second-order valence-electron chi connectivity index (χ2n) is 6.98. The van der Waals surface area contributed by atoms with E-state index in [9.17, 15) is 9.59 Å². The molecular formula is C18H23IN4O4. The Morgan fingerprint density at radius 2 is 2.07 bits per heavy atom. The van der Waals surface area contributed by atoms with Gasteiger partial charge in [-0.3, -0.25) is 14.6 Å². The Balaban J connectivity index is 1.50. The fourth-order valence-corrected chi connectivity index (χ4v) is 4.44. The first-order valence-electron chi connectivity index (χ1n) is 9.11. The van der Waals surface area contributed by atoms with Crippen LogP contribution >= 0.6 is 22.6 Å². The Kier molecular flexibility index (Phi) is 5.31. The number of cyclic esters (lactones) is 1. The van der Waals surface area contributed by atoms with E-state index >= 15 is 0 Å². The summed E-state index contributed by atoms with van der Waals surface area (Å²) in [4.78, 5) is 30.0. The minimum atomic E-state index is -0.407. The van der Waals surface area contributed by atoms with Gasteiger partial charge in [0.15, 0.2) is 0 Å². The van der Waals surface area contributed by atoms with Crippen LogP contribution in [0.5, 0.6) is 5.75 Å². The van der Waals surface area contributed by atoms with Crippen molar-refractivity contribution < 1.29 is 19.1 Å². The molecule has 2 saturated heterocycles. The minimum Gasteiger partial charge on any atom is -0.489 e. The summed E-state index contributed by atoms with van der Waals surface area (Å²) in [5.74, 6) is 0.561. The predicted octanol–water partition coefficient (Wildman–Crippen LogP) is 1.42. The molecule has 9 heteroatoms. The SMILES string of the molecule is CC(=O)NCC1OC(=O)N2c3ccc(N4CCN(CI)CC4)cc3OC[C@@H]12. The number of carbonyl (C=O) groups excluding carboxylic acids is 2. The van der Waals surface area contributed by atoms with Crippen molar-refractivity contribution in [2.45, 2.75) is 19.1 Å². The summed E-state index contributed by atoms with van der Waals surface area (Å²) < 4.78 is 12.5. The Labute approximate surface area is 171 Å². The van der Waals surface area contributed by atoms with Crippen molar-refractivity contribution in [3.05, 3.63) is 18.2 Å². The Bertz CT molecular complexity index is 738. The maximum atomic E-state index is 12.4. The second kappa shape index (κ2) is 7.70. The number of anilines is 2. The number of alkyl halides is 1. The number of amides is 2. The lowest BCUT2D eigenvalue weighted by molar-refractivity contribution is -0.119. The monoisotopic (exact) mass is 486 g/mol. The molecule has 1 unspecified atom stereocenters. The van der Waals surface area contributed by atoms with Gasteiger partial charge in [0.05, 0.1) is 16.8 Å². The molecule has 2 atom stereocenters. The molecule has 1 aromatic rings. The molecule has 0 aliphatic carbocycles. The molecule has 0 saturated carbocycles. The normalized spacial score (nSPS) is 24.7. The molecular weight excluding hydrogens is 463 g/mol. The summed E-state index contributed by atoms with van der Waals surface area (Å²) in [5.41, 5.74) is 1.85. The third kappa shape index (κ3) is 3.66. The highest BCUT2D eigenvalue weighted by atomic mass is 127. The third-order valence-corrected chi connectivity index (χ3v) is 6.25. The first kappa shape index (κ1) is 18.6. The standard InChI is InChI=1S/C18H23IN4O4/c1-12(24)20-9-17-15-10-26-16-8-13(22-6-4-21(11-19)5-7-22)2-3-14(16)23(15)18(25)27-17/h2-3,8,15,17H,4-7,9-11H2,1H3,(H,20,24)/t15-,17?/m0/s1. The zero-order valence-electron chi connectivity index (χ0n) is 15.2. The Hall–Kier alpha value is -1.75. The zero-order valence-corrected chi connectivity index (χ0v) is 17.3. The lowest BCUT2D eigenvalue weighted by atomic mass is 10.1. The number of fused-ring (bicyclic) bond motifs is 3. The van der Waals surface area contributed by atoms with Crippen LogP contribution in [-0.2, 0) is 9.53 Å². The van der Waals surface area contributed by atoms with Gasteiger partial charge in [-0.25, -0.2) is 4.79 Å². The van der Waals surface area contributed by atoms with Gasteiger partial charge in [0, 0.05) is 44.9 Å². The van der Waals surface area contributed by atoms with Gasteiger partial charge in [-0.05, 0) is 12.1 Å². The van der Waals surface area contributed by atoms with Crippen molar-refractivity contribution >= 4 is 46.0 Å². The maximum Gasteiger partial charge on any atom is 0.415 e. The van der Waals surface area contributed by atoms with Crippen molar-refractivity contribution in [1.29, 1.82) is 0 Å². The van der Waals surface area contributed by atoms with Crippen molar-refractivity contribution in [1.82, 2.24) is 10.2 Å². The van der Waals surface area contributed by atoms with E-state index in [1.54, 1.807) is 4.90 Å².